The number of hydrogen-bond donors (Lipinski definition) is 1. The van der Waals surface area contributed by atoms with E-state index in [4.69, 9.17) is 0 Å². The molecule has 132 valence electrons. The Bertz CT molecular complexity index is 1120. The summed E-state index contributed by atoms with van der Waals surface area (Å²) in [5, 5.41) is 2.59. The lowest BCUT2D eigenvalue weighted by molar-refractivity contribution is 0.102. The van der Waals surface area contributed by atoms with Gasteiger partial charge in [-0.2, -0.15) is 0 Å². The van der Waals surface area contributed by atoms with Crippen LogP contribution in [0.15, 0.2) is 45.8 Å². The van der Waals surface area contributed by atoms with Gasteiger partial charge in [0.25, 0.3) is 5.91 Å². The van der Waals surface area contributed by atoms with Gasteiger partial charge < -0.3 is 9.88 Å². The van der Waals surface area contributed by atoms with E-state index < -0.39 is 28.7 Å². The Morgan fingerprint density at radius 3 is 2.65 bits per heavy atom. The zero-order chi connectivity index (χ0) is 18.6. The number of nitrogens with one attached hydrogen (secondary N) is 1. The van der Waals surface area contributed by atoms with E-state index >= 15 is 0 Å². The van der Waals surface area contributed by atoms with Crippen LogP contribution < -0.4 is 10.7 Å². The van der Waals surface area contributed by atoms with Crippen molar-refractivity contribution in [2.75, 3.05) is 5.32 Å². The number of hydrogen-bond acceptors (Lipinski definition) is 2. The Kier molecular flexibility index (Phi) is 3.91. The molecular formula is C19H13BrF2N2O2. The van der Waals surface area contributed by atoms with Crippen molar-refractivity contribution in [1.29, 1.82) is 0 Å². The number of carbonyl (C=O) groups is 1. The first kappa shape index (κ1) is 16.9. The number of halogens is 3. The minimum absolute atomic E-state index is 0.0687. The number of rotatable bonds is 2. The fourth-order valence-electron chi connectivity index (χ4n) is 3.42. The summed E-state index contributed by atoms with van der Waals surface area (Å²) < 4.78 is 30.2. The highest BCUT2D eigenvalue weighted by atomic mass is 79.9. The van der Waals surface area contributed by atoms with Gasteiger partial charge in [-0.05, 0) is 43.2 Å². The lowest BCUT2D eigenvalue weighted by Gasteiger charge is -2.13. The normalized spacial score (nSPS) is 15.5. The van der Waals surface area contributed by atoms with Gasteiger partial charge in [-0.1, -0.05) is 22.0 Å². The predicted molar refractivity (Wildman–Crippen MR) is 98.6 cm³/mol. The van der Waals surface area contributed by atoms with E-state index in [2.05, 4.69) is 21.2 Å². The average molecular weight is 419 g/mol. The molecule has 0 saturated carbocycles. The molecule has 1 aromatic heterocycles. The molecule has 1 aliphatic heterocycles. The van der Waals surface area contributed by atoms with Crippen LogP contribution in [0.1, 0.15) is 28.9 Å². The van der Waals surface area contributed by atoms with Gasteiger partial charge in [0.05, 0.1) is 5.52 Å². The van der Waals surface area contributed by atoms with Crippen molar-refractivity contribution in [2.24, 2.45) is 0 Å². The van der Waals surface area contributed by atoms with Crippen molar-refractivity contribution in [3.63, 3.8) is 0 Å². The van der Waals surface area contributed by atoms with Crippen molar-refractivity contribution < 1.29 is 13.6 Å². The molecule has 26 heavy (non-hydrogen) atoms. The molecule has 1 atom stereocenters. The monoisotopic (exact) mass is 418 g/mol. The molecule has 3 aromatic rings. The van der Waals surface area contributed by atoms with Crippen molar-refractivity contribution in [3.05, 3.63) is 74.0 Å². The number of carbonyl (C=O) groups excluding carboxylic acids is 1. The molecule has 4 nitrogen and oxygen atoms in total. The molecule has 1 N–H and O–H groups in total. The van der Waals surface area contributed by atoms with Crippen LogP contribution in [0, 0.1) is 11.6 Å². The number of benzene rings is 2. The predicted octanol–water partition coefficient (Wildman–Crippen LogP) is 4.41. The molecule has 0 spiro atoms. The minimum atomic E-state index is -0.901. The van der Waals surface area contributed by atoms with Crippen LogP contribution in [-0.2, 0) is 6.42 Å². The maximum atomic E-state index is 13.8. The standard InChI is InChI=1S/C19H13BrF2N2O2/c1-9-5-10-6-11(20)7-12-17(10)24(9)8-13(18(12)25)19(26)23-16-14(21)3-2-4-15(16)22/h2-4,6-9H,5H2,1H3,(H,23,26)/t9-/m1/s1. The zero-order valence-corrected chi connectivity index (χ0v) is 15.2. The van der Waals surface area contributed by atoms with E-state index in [9.17, 15) is 18.4 Å². The van der Waals surface area contributed by atoms with E-state index in [1.807, 2.05) is 17.6 Å². The van der Waals surface area contributed by atoms with Crippen molar-refractivity contribution >= 4 is 38.4 Å². The Labute approximate surface area is 155 Å². The third-order valence-corrected chi connectivity index (χ3v) is 5.06. The summed E-state index contributed by atoms with van der Waals surface area (Å²) in [6, 6.07) is 6.96. The maximum absolute atomic E-state index is 13.8. The van der Waals surface area contributed by atoms with E-state index in [1.165, 1.54) is 12.3 Å². The summed E-state index contributed by atoms with van der Waals surface area (Å²) in [6.45, 7) is 1.98. The van der Waals surface area contributed by atoms with Gasteiger partial charge in [-0.15, -0.1) is 0 Å². The van der Waals surface area contributed by atoms with Gasteiger partial charge in [0, 0.05) is 22.1 Å². The first-order chi connectivity index (χ1) is 12.4. The third-order valence-electron chi connectivity index (χ3n) is 4.61. The summed E-state index contributed by atoms with van der Waals surface area (Å²) in [5.74, 6) is -2.64. The number of anilines is 1. The number of amides is 1. The van der Waals surface area contributed by atoms with E-state index in [0.717, 1.165) is 34.1 Å². The molecule has 2 aromatic carbocycles. The van der Waals surface area contributed by atoms with Gasteiger partial charge in [-0.25, -0.2) is 8.78 Å². The Hall–Kier alpha value is -2.54. The Morgan fingerprint density at radius 2 is 1.96 bits per heavy atom. The summed E-state index contributed by atoms with van der Waals surface area (Å²) in [4.78, 5) is 25.4. The largest absolute Gasteiger partial charge is 0.343 e. The minimum Gasteiger partial charge on any atom is -0.343 e. The molecule has 1 aliphatic rings. The van der Waals surface area contributed by atoms with Gasteiger partial charge in [-0.3, -0.25) is 9.59 Å². The number of para-hydroxylation sites is 1. The molecular weight excluding hydrogens is 406 g/mol. The SMILES string of the molecule is C[C@@H]1Cc2cc(Br)cc3c(=O)c(C(=O)Nc4c(F)cccc4F)cn1c23. The third kappa shape index (κ3) is 2.54. The first-order valence-electron chi connectivity index (χ1n) is 7.99. The molecule has 0 saturated heterocycles. The van der Waals surface area contributed by atoms with Gasteiger partial charge in [0.2, 0.25) is 5.43 Å². The molecule has 4 rings (SSSR count). The second kappa shape index (κ2) is 6.02. The summed E-state index contributed by atoms with van der Waals surface area (Å²) >= 11 is 3.39. The molecule has 0 radical (unpaired) electrons. The van der Waals surface area contributed by atoms with Crippen molar-refractivity contribution in [3.8, 4) is 0 Å². The molecule has 0 fully saturated rings. The van der Waals surface area contributed by atoms with E-state index in [1.54, 1.807) is 6.07 Å². The average Bonchev–Trinajstić information content (AvgIpc) is 2.89. The number of nitrogens with zero attached hydrogens (tertiary/aromatic N) is 1. The van der Waals surface area contributed by atoms with Crippen LogP contribution in [0.25, 0.3) is 10.9 Å². The van der Waals surface area contributed by atoms with E-state index in [-0.39, 0.29) is 11.6 Å². The highest BCUT2D eigenvalue weighted by molar-refractivity contribution is 9.10. The zero-order valence-electron chi connectivity index (χ0n) is 13.6. The van der Waals surface area contributed by atoms with Gasteiger partial charge in [0.15, 0.2) is 0 Å². The Balaban J connectivity index is 1.87. The Morgan fingerprint density at radius 1 is 1.27 bits per heavy atom. The fraction of sp³-hybridized carbons (Fsp3) is 0.158. The molecule has 0 unspecified atom stereocenters. The first-order valence-corrected chi connectivity index (χ1v) is 8.78. The molecule has 0 bridgehead atoms. The van der Waals surface area contributed by atoms with E-state index in [0.29, 0.717) is 5.39 Å². The smallest absolute Gasteiger partial charge is 0.261 e. The van der Waals surface area contributed by atoms with Crippen LogP contribution in [0.4, 0.5) is 14.5 Å². The van der Waals surface area contributed by atoms with Crippen molar-refractivity contribution in [1.82, 2.24) is 4.57 Å². The maximum Gasteiger partial charge on any atom is 0.261 e. The summed E-state index contributed by atoms with van der Waals surface area (Å²) in [7, 11) is 0. The van der Waals surface area contributed by atoms with Gasteiger partial charge in [0.1, 0.15) is 22.9 Å². The summed E-state index contributed by atoms with van der Waals surface area (Å²) in [6.07, 6.45) is 2.20. The second-order valence-electron chi connectivity index (χ2n) is 6.34. The van der Waals surface area contributed by atoms with Crippen LogP contribution in [0.2, 0.25) is 0 Å². The number of aromatic nitrogens is 1. The fourth-order valence-corrected chi connectivity index (χ4v) is 3.93. The molecule has 2 heterocycles. The lowest BCUT2D eigenvalue weighted by Crippen LogP contribution is -2.24. The van der Waals surface area contributed by atoms with Crippen LogP contribution >= 0.6 is 15.9 Å². The highest BCUT2D eigenvalue weighted by Crippen LogP contribution is 2.33. The lowest BCUT2D eigenvalue weighted by atomic mass is 10.1. The highest BCUT2D eigenvalue weighted by Gasteiger charge is 2.25. The van der Waals surface area contributed by atoms with Crippen molar-refractivity contribution in [2.45, 2.75) is 19.4 Å². The van der Waals surface area contributed by atoms with Crippen LogP contribution in [0.5, 0.6) is 0 Å². The molecule has 7 heteroatoms. The molecule has 1 amide bonds. The topological polar surface area (TPSA) is 51.1 Å². The van der Waals surface area contributed by atoms with Gasteiger partial charge >= 0.3 is 0 Å². The quantitative estimate of drug-likeness (QED) is 0.669. The summed E-state index contributed by atoms with van der Waals surface area (Å²) in [5.41, 5.74) is 0.618. The second-order valence-corrected chi connectivity index (χ2v) is 7.26. The van der Waals surface area contributed by atoms with Crippen LogP contribution in [-0.4, -0.2) is 10.5 Å². The van der Waals surface area contributed by atoms with Crippen LogP contribution in [0.3, 0.4) is 0 Å². The number of pyridine rings is 1. The molecule has 0 aliphatic carbocycles.